The van der Waals surface area contributed by atoms with Gasteiger partial charge in [-0.15, -0.1) is 0 Å². The van der Waals surface area contributed by atoms with Gasteiger partial charge in [0.2, 0.25) is 0 Å². The molecule has 0 aliphatic carbocycles. The van der Waals surface area contributed by atoms with Crippen LogP contribution in [0.15, 0.2) is 0 Å². The first kappa shape index (κ1) is 28.4. The summed E-state index contributed by atoms with van der Waals surface area (Å²) >= 11 is 0. The average Bonchev–Trinajstić information content (AvgIpc) is 2.83. The van der Waals surface area contributed by atoms with Gasteiger partial charge >= 0.3 is 5.97 Å². The van der Waals surface area contributed by atoms with Crippen LogP contribution in [-0.2, 0) is 28.5 Å². The fraction of sp³-hybridized carbons (Fsp3) is 0.944. The van der Waals surface area contributed by atoms with Gasteiger partial charge in [0.25, 0.3) is 0 Å². The second kappa shape index (κ2) is 11.5. The lowest BCUT2D eigenvalue weighted by atomic mass is 9.96. The van der Waals surface area contributed by atoms with Crippen LogP contribution >= 0.6 is 0 Å². The molecule has 1 unspecified atom stereocenters. The van der Waals surface area contributed by atoms with E-state index in [2.05, 4.69) is 0 Å². The Bertz CT molecular complexity index is 707. The molecule has 11 N–H and O–H groups in total. The maximum atomic E-state index is 11.3. The van der Waals surface area contributed by atoms with Gasteiger partial charge in [0, 0.05) is 0 Å². The van der Waals surface area contributed by atoms with Crippen LogP contribution < -0.4 is 0 Å². The summed E-state index contributed by atoms with van der Waals surface area (Å²) in [4.78, 5) is 11.3. The normalized spacial score (nSPS) is 51.2. The van der Waals surface area contributed by atoms with Crippen molar-refractivity contribution in [2.75, 3.05) is 13.2 Å². The first-order valence-corrected chi connectivity index (χ1v) is 10.6. The Morgan fingerprint density at radius 1 is 0.600 bits per heavy atom. The lowest BCUT2D eigenvalue weighted by Gasteiger charge is -2.47. The predicted molar refractivity (Wildman–Crippen MR) is 102 cm³/mol. The molecular weight excluding hydrogens is 488 g/mol. The van der Waals surface area contributed by atoms with Crippen LogP contribution in [0.4, 0.5) is 0 Å². The number of aliphatic hydroxyl groups is 10. The molecule has 17 nitrogen and oxygen atoms in total. The molecule has 0 amide bonds. The maximum absolute atomic E-state index is 11.3. The molecule has 35 heavy (non-hydrogen) atoms. The Morgan fingerprint density at radius 2 is 1.06 bits per heavy atom. The smallest absolute Gasteiger partial charge is 0.335 e. The van der Waals surface area contributed by atoms with Crippen LogP contribution in [0.25, 0.3) is 0 Å². The Morgan fingerprint density at radius 3 is 1.57 bits per heavy atom. The number of rotatable bonds is 7. The minimum atomic E-state index is -2.02. The molecule has 0 radical (unpaired) electrons. The predicted octanol–water partition coefficient (Wildman–Crippen LogP) is -7.48. The summed E-state index contributed by atoms with van der Waals surface area (Å²) in [5.74, 6) is -1.69. The van der Waals surface area contributed by atoms with E-state index in [4.69, 9.17) is 28.8 Å². The van der Waals surface area contributed by atoms with Crippen LogP contribution in [0.5, 0.6) is 0 Å². The van der Waals surface area contributed by atoms with E-state index in [1.807, 2.05) is 0 Å². The summed E-state index contributed by atoms with van der Waals surface area (Å²) in [5, 5.41) is 109. The van der Waals surface area contributed by atoms with E-state index < -0.39 is 111 Å². The van der Waals surface area contributed by atoms with E-state index in [0.717, 1.165) is 0 Å². The molecular formula is C18H30O17. The molecule has 0 aromatic heterocycles. The Balaban J connectivity index is 1.73. The van der Waals surface area contributed by atoms with Crippen molar-refractivity contribution in [1.82, 2.24) is 0 Å². The van der Waals surface area contributed by atoms with Crippen molar-refractivity contribution in [3.05, 3.63) is 0 Å². The van der Waals surface area contributed by atoms with Crippen LogP contribution in [-0.4, -0.2) is 167 Å². The highest BCUT2D eigenvalue weighted by Crippen LogP contribution is 2.32. The van der Waals surface area contributed by atoms with Crippen LogP contribution in [0.2, 0.25) is 0 Å². The molecule has 17 heteroatoms. The van der Waals surface area contributed by atoms with Crippen molar-refractivity contribution in [3.8, 4) is 0 Å². The molecule has 0 spiro atoms. The lowest BCUT2D eigenvalue weighted by Crippen LogP contribution is -2.66. The van der Waals surface area contributed by atoms with Gasteiger partial charge in [-0.25, -0.2) is 4.79 Å². The summed E-state index contributed by atoms with van der Waals surface area (Å²) in [5.41, 5.74) is 0. The van der Waals surface area contributed by atoms with Crippen molar-refractivity contribution >= 4 is 5.97 Å². The number of carboxylic acids is 1. The third kappa shape index (κ3) is 5.59. The summed E-state index contributed by atoms with van der Waals surface area (Å²) in [6.07, 6.45) is -27.4. The molecule has 3 fully saturated rings. The monoisotopic (exact) mass is 518 g/mol. The minimum Gasteiger partial charge on any atom is -0.479 e. The summed E-state index contributed by atoms with van der Waals surface area (Å²) in [6, 6.07) is 0. The number of hydrogen-bond acceptors (Lipinski definition) is 16. The molecule has 3 aliphatic heterocycles. The fourth-order valence-electron chi connectivity index (χ4n) is 4.04. The lowest BCUT2D eigenvalue weighted by molar-refractivity contribution is -0.375. The summed E-state index contributed by atoms with van der Waals surface area (Å²) in [7, 11) is 0. The number of aliphatic hydroxyl groups excluding tert-OH is 10. The van der Waals surface area contributed by atoms with Crippen molar-refractivity contribution in [3.63, 3.8) is 0 Å². The summed E-state index contributed by atoms with van der Waals surface area (Å²) < 4.78 is 26.0. The van der Waals surface area contributed by atoms with Gasteiger partial charge in [-0.3, -0.25) is 0 Å². The molecule has 204 valence electrons. The molecule has 3 heterocycles. The molecule has 15 atom stereocenters. The van der Waals surface area contributed by atoms with Crippen LogP contribution in [0.3, 0.4) is 0 Å². The van der Waals surface area contributed by atoms with Crippen molar-refractivity contribution in [2.45, 2.75) is 92.1 Å². The minimum absolute atomic E-state index is 0.790. The van der Waals surface area contributed by atoms with E-state index in [1.54, 1.807) is 0 Å². The van der Waals surface area contributed by atoms with Gasteiger partial charge in [0.15, 0.2) is 25.0 Å². The Labute approximate surface area is 196 Å². The highest BCUT2D eigenvalue weighted by molar-refractivity contribution is 5.73. The quantitative estimate of drug-likeness (QED) is 0.149. The Kier molecular flexibility index (Phi) is 9.35. The molecule has 0 aromatic rings. The largest absolute Gasteiger partial charge is 0.479 e. The van der Waals surface area contributed by atoms with Gasteiger partial charge < -0.3 is 79.9 Å². The first-order valence-electron chi connectivity index (χ1n) is 10.6. The molecule has 0 saturated carbocycles. The summed E-state index contributed by atoms with van der Waals surface area (Å²) in [6.45, 7) is -1.68. The van der Waals surface area contributed by atoms with E-state index in [9.17, 15) is 55.9 Å². The fourth-order valence-corrected chi connectivity index (χ4v) is 4.04. The number of hydrogen-bond donors (Lipinski definition) is 11. The van der Waals surface area contributed by atoms with Crippen molar-refractivity contribution in [1.29, 1.82) is 0 Å². The van der Waals surface area contributed by atoms with Crippen molar-refractivity contribution in [2.24, 2.45) is 0 Å². The second-order valence-corrected chi connectivity index (χ2v) is 8.37. The zero-order chi connectivity index (χ0) is 26.2. The number of carbonyl (C=O) groups is 1. The number of ether oxygens (including phenoxy) is 5. The average molecular weight is 518 g/mol. The Hall–Kier alpha value is -1.13. The third-order valence-corrected chi connectivity index (χ3v) is 6.06. The van der Waals surface area contributed by atoms with Crippen LogP contribution in [0, 0.1) is 0 Å². The van der Waals surface area contributed by atoms with Gasteiger partial charge in [-0.2, -0.15) is 0 Å². The zero-order valence-electron chi connectivity index (χ0n) is 17.9. The highest BCUT2D eigenvalue weighted by atomic mass is 16.8. The third-order valence-electron chi connectivity index (χ3n) is 6.06. The van der Waals surface area contributed by atoms with E-state index in [0.29, 0.717) is 0 Å². The van der Waals surface area contributed by atoms with E-state index >= 15 is 0 Å². The van der Waals surface area contributed by atoms with Gasteiger partial charge in [0.05, 0.1) is 13.2 Å². The molecule has 3 saturated heterocycles. The van der Waals surface area contributed by atoms with Gasteiger partial charge in [0.1, 0.15) is 67.1 Å². The molecule has 3 aliphatic rings. The second-order valence-electron chi connectivity index (χ2n) is 8.37. The number of aliphatic carboxylic acids is 1. The first-order chi connectivity index (χ1) is 16.4. The molecule has 3 rings (SSSR count). The number of carboxylic acid groups (broad SMARTS) is 1. The van der Waals surface area contributed by atoms with Gasteiger partial charge in [-0.1, -0.05) is 0 Å². The zero-order valence-corrected chi connectivity index (χ0v) is 17.9. The maximum Gasteiger partial charge on any atom is 0.335 e. The van der Waals surface area contributed by atoms with E-state index in [1.165, 1.54) is 0 Å². The van der Waals surface area contributed by atoms with Gasteiger partial charge in [-0.05, 0) is 0 Å². The van der Waals surface area contributed by atoms with E-state index in [-0.39, 0.29) is 0 Å². The topological polar surface area (TPSA) is 286 Å². The molecule has 0 aromatic carbocycles. The molecule has 0 bridgehead atoms. The van der Waals surface area contributed by atoms with Crippen molar-refractivity contribution < 1.29 is 84.7 Å². The standard InChI is InChI=1S/C18H30O17/c19-1-3-12(7(23)9(25)16(30)31-3)33-17-11(27)8(24)13(4(2-20)32-17)34-18-10(26)5(21)6(22)14(35-18)15(28)29/h3-14,16-27,30H,1-2H2,(H,28,29)/t3-,4-,5+,6+,7-,8-,9-,10+,11-,12+,13-,14+,16?,17+,18-/m1/s1. The highest BCUT2D eigenvalue weighted by Gasteiger charge is 2.54. The SMILES string of the molecule is O=C(O)[C@H]1O[C@@H](O[C@H]2[C@H](O)[C@@H](O)[C@H](O[C@@H]3[C@H](O)[C@@H](O)C(O)O[C@@H]3CO)O[C@@H]2CO)[C@@H](O)[C@@H](O)[C@@H]1O. The van der Waals surface area contributed by atoms with Crippen LogP contribution in [0.1, 0.15) is 0 Å².